The van der Waals surface area contributed by atoms with Gasteiger partial charge >= 0.3 is 0 Å². The van der Waals surface area contributed by atoms with Crippen LogP contribution in [-0.2, 0) is 14.4 Å². The maximum atomic E-state index is 10.5. The molecular weight excluding hydrogens is 156 g/mol. The van der Waals surface area contributed by atoms with Crippen LogP contribution in [0.2, 0.25) is 0 Å². The number of Topliss-reactive ketones (excluding diaryl/α,β-unsaturated/α-hetero) is 3. The van der Waals surface area contributed by atoms with Gasteiger partial charge in [-0.25, -0.2) is 0 Å². The van der Waals surface area contributed by atoms with Crippen LogP contribution >= 0.6 is 12.6 Å². The monoisotopic (exact) mass is 160 g/mol. The molecule has 1 aliphatic rings. The second kappa shape index (κ2) is 2.17. The van der Waals surface area contributed by atoms with Gasteiger partial charge in [0.2, 0.25) is 11.6 Å². The molecule has 1 rings (SSSR count). The molecule has 1 saturated carbocycles. The molecule has 1 fully saturated rings. The normalized spacial score (nSPS) is 33.6. The number of thiol groups is 1. The van der Waals surface area contributed by atoms with E-state index in [0.717, 1.165) is 0 Å². The first-order valence-electron chi connectivity index (χ1n) is 2.54. The van der Waals surface area contributed by atoms with E-state index < -0.39 is 28.7 Å². The first-order chi connectivity index (χ1) is 4.55. The zero-order valence-corrected chi connectivity index (χ0v) is 5.67. The molecule has 0 aromatic heterocycles. The summed E-state index contributed by atoms with van der Waals surface area (Å²) in [6.07, 6.45) is -1.54. The van der Waals surface area contributed by atoms with Gasteiger partial charge in [-0.3, -0.25) is 14.4 Å². The van der Waals surface area contributed by atoms with Gasteiger partial charge in [-0.1, -0.05) is 0 Å². The number of aliphatic hydroxyl groups is 1. The molecular formula is C5H4O4S. The van der Waals surface area contributed by atoms with Crippen LogP contribution in [0, 0.1) is 0 Å². The molecule has 0 saturated heterocycles. The summed E-state index contributed by atoms with van der Waals surface area (Å²) in [5.74, 6) is -3.11. The fraction of sp³-hybridized carbons (Fsp3) is 0.400. The lowest BCUT2D eigenvalue weighted by atomic mass is 10.3. The molecule has 1 aliphatic carbocycles. The lowest BCUT2D eigenvalue weighted by Crippen LogP contribution is -2.23. The summed E-state index contributed by atoms with van der Waals surface area (Å²) in [7, 11) is 0. The Morgan fingerprint density at radius 2 is 1.70 bits per heavy atom. The molecule has 1 N–H and O–H groups in total. The predicted molar refractivity (Wildman–Crippen MR) is 33.8 cm³/mol. The predicted octanol–water partition coefficient (Wildman–Crippen LogP) is -1.63. The zero-order valence-electron chi connectivity index (χ0n) is 4.77. The number of aliphatic hydroxyl groups excluding tert-OH is 1. The van der Waals surface area contributed by atoms with Gasteiger partial charge in [0.15, 0.2) is 0 Å². The number of hydrogen-bond donors (Lipinski definition) is 2. The molecule has 0 spiro atoms. The van der Waals surface area contributed by atoms with Crippen molar-refractivity contribution in [1.29, 1.82) is 0 Å². The first-order valence-corrected chi connectivity index (χ1v) is 3.06. The van der Waals surface area contributed by atoms with E-state index >= 15 is 0 Å². The van der Waals surface area contributed by atoms with Crippen molar-refractivity contribution < 1.29 is 19.5 Å². The third-order valence-corrected chi connectivity index (χ3v) is 1.80. The van der Waals surface area contributed by atoms with Crippen molar-refractivity contribution >= 4 is 30.0 Å². The molecule has 0 aliphatic heterocycles. The van der Waals surface area contributed by atoms with E-state index in [1.54, 1.807) is 0 Å². The van der Waals surface area contributed by atoms with Crippen LogP contribution in [0.5, 0.6) is 0 Å². The summed E-state index contributed by atoms with van der Waals surface area (Å²) >= 11 is 3.56. The minimum Gasteiger partial charge on any atom is -0.383 e. The third-order valence-electron chi connectivity index (χ3n) is 1.28. The minimum absolute atomic E-state index is 0.916. The minimum atomic E-state index is -1.54. The fourth-order valence-electron chi connectivity index (χ4n) is 0.677. The van der Waals surface area contributed by atoms with E-state index in [2.05, 4.69) is 12.6 Å². The summed E-state index contributed by atoms with van der Waals surface area (Å²) in [5.41, 5.74) is 0. The van der Waals surface area contributed by atoms with Crippen molar-refractivity contribution in [3.05, 3.63) is 0 Å². The van der Waals surface area contributed by atoms with Crippen LogP contribution in [0.4, 0.5) is 0 Å². The average Bonchev–Trinajstić information content (AvgIpc) is 2.07. The summed E-state index contributed by atoms with van der Waals surface area (Å²) in [6, 6.07) is 0. The van der Waals surface area contributed by atoms with E-state index in [1.165, 1.54) is 0 Å². The molecule has 0 heterocycles. The Morgan fingerprint density at radius 1 is 1.20 bits per heavy atom. The highest BCUT2D eigenvalue weighted by molar-refractivity contribution is 7.82. The van der Waals surface area contributed by atoms with Crippen LogP contribution in [-0.4, -0.2) is 33.8 Å². The van der Waals surface area contributed by atoms with E-state index in [9.17, 15) is 14.4 Å². The molecule has 0 aromatic carbocycles. The molecule has 0 amide bonds. The van der Waals surface area contributed by atoms with Gasteiger partial charge in [0.25, 0.3) is 5.78 Å². The molecule has 0 bridgehead atoms. The number of carbonyl (C=O) groups is 3. The molecule has 2 atom stereocenters. The van der Waals surface area contributed by atoms with Gasteiger partial charge in [0.05, 0.1) is 0 Å². The smallest absolute Gasteiger partial charge is 0.268 e. The highest BCUT2D eigenvalue weighted by atomic mass is 32.1. The average molecular weight is 160 g/mol. The SMILES string of the molecule is O=C1C(=O)C(O)C(S)C1=O. The molecule has 54 valence electrons. The Morgan fingerprint density at radius 3 is 1.80 bits per heavy atom. The summed E-state index contributed by atoms with van der Waals surface area (Å²) in [6.45, 7) is 0. The Bertz CT molecular complexity index is 200. The van der Waals surface area contributed by atoms with Gasteiger partial charge in [-0.05, 0) is 0 Å². The summed E-state index contributed by atoms with van der Waals surface area (Å²) < 4.78 is 0. The largest absolute Gasteiger partial charge is 0.383 e. The maximum Gasteiger partial charge on any atom is 0.268 e. The van der Waals surface area contributed by atoms with Crippen LogP contribution in [0.3, 0.4) is 0 Å². The lowest BCUT2D eigenvalue weighted by Gasteiger charge is -1.99. The second-order valence-corrected chi connectivity index (χ2v) is 2.50. The van der Waals surface area contributed by atoms with Crippen molar-refractivity contribution in [1.82, 2.24) is 0 Å². The Labute approximate surface area is 61.6 Å². The van der Waals surface area contributed by atoms with Crippen LogP contribution < -0.4 is 0 Å². The van der Waals surface area contributed by atoms with Crippen molar-refractivity contribution in [2.45, 2.75) is 11.4 Å². The number of rotatable bonds is 0. The quantitative estimate of drug-likeness (QED) is 0.329. The summed E-state index contributed by atoms with van der Waals surface area (Å²) in [4.78, 5) is 31.4. The van der Waals surface area contributed by atoms with Gasteiger partial charge in [-0.15, -0.1) is 0 Å². The topological polar surface area (TPSA) is 71.4 Å². The standard InChI is InChI=1S/C5H4O4S/c6-1-2(7)4(9)5(10)3(1)8/h3,5,8,10H. The van der Waals surface area contributed by atoms with Gasteiger partial charge < -0.3 is 5.11 Å². The van der Waals surface area contributed by atoms with Gasteiger partial charge in [0, 0.05) is 0 Å². The third kappa shape index (κ3) is 0.783. The van der Waals surface area contributed by atoms with Crippen LogP contribution in [0.25, 0.3) is 0 Å². The Hall–Kier alpha value is -0.680. The van der Waals surface area contributed by atoms with E-state index in [-0.39, 0.29) is 0 Å². The zero-order chi connectivity index (χ0) is 7.89. The Balaban J connectivity index is 3.00. The molecule has 10 heavy (non-hydrogen) atoms. The highest BCUT2D eigenvalue weighted by Gasteiger charge is 2.46. The van der Waals surface area contributed by atoms with Gasteiger partial charge in [-0.2, -0.15) is 12.6 Å². The maximum absolute atomic E-state index is 10.5. The second-order valence-electron chi connectivity index (χ2n) is 1.95. The molecule has 2 unspecified atom stereocenters. The lowest BCUT2D eigenvalue weighted by molar-refractivity contribution is -0.141. The van der Waals surface area contributed by atoms with E-state index in [4.69, 9.17) is 5.11 Å². The van der Waals surface area contributed by atoms with Crippen LogP contribution in [0.1, 0.15) is 0 Å². The molecule has 4 nitrogen and oxygen atoms in total. The fourth-order valence-corrected chi connectivity index (χ4v) is 0.929. The Kier molecular flexibility index (Phi) is 1.61. The van der Waals surface area contributed by atoms with Crippen molar-refractivity contribution in [3.8, 4) is 0 Å². The van der Waals surface area contributed by atoms with E-state index in [1.807, 2.05) is 0 Å². The molecule has 0 radical (unpaired) electrons. The highest BCUT2D eigenvalue weighted by Crippen LogP contribution is 2.13. The number of carbonyl (C=O) groups excluding carboxylic acids is 3. The van der Waals surface area contributed by atoms with Crippen molar-refractivity contribution in [2.24, 2.45) is 0 Å². The van der Waals surface area contributed by atoms with Gasteiger partial charge in [0.1, 0.15) is 11.4 Å². The summed E-state index contributed by atoms with van der Waals surface area (Å²) in [5, 5.41) is 7.59. The van der Waals surface area contributed by atoms with E-state index in [0.29, 0.717) is 0 Å². The first kappa shape index (κ1) is 7.43. The molecule has 0 aromatic rings. The van der Waals surface area contributed by atoms with Crippen LogP contribution in [0.15, 0.2) is 0 Å². The molecule has 5 heteroatoms. The van der Waals surface area contributed by atoms with Crippen molar-refractivity contribution in [3.63, 3.8) is 0 Å². The number of hydrogen-bond acceptors (Lipinski definition) is 5. The van der Waals surface area contributed by atoms with Crippen molar-refractivity contribution in [2.75, 3.05) is 0 Å². The number of ketones is 3.